The summed E-state index contributed by atoms with van der Waals surface area (Å²) >= 11 is 0. The lowest BCUT2D eigenvalue weighted by atomic mass is 9.93. The number of amides is 1. The van der Waals surface area contributed by atoms with E-state index in [-0.39, 0.29) is 5.69 Å². The van der Waals surface area contributed by atoms with Crippen molar-refractivity contribution in [3.05, 3.63) is 30.4 Å². The van der Waals surface area contributed by atoms with Crippen LogP contribution in [0, 0.1) is 0 Å². The zero-order valence-corrected chi connectivity index (χ0v) is 12.5. The second kappa shape index (κ2) is 6.23. The Kier molecular flexibility index (Phi) is 4.15. The van der Waals surface area contributed by atoms with Gasteiger partial charge in [0.15, 0.2) is 0 Å². The van der Waals surface area contributed by atoms with E-state index < -0.39 is 5.91 Å². The minimum absolute atomic E-state index is 0.161. The Balaban J connectivity index is 1.86. The van der Waals surface area contributed by atoms with Gasteiger partial charge in [0.2, 0.25) is 0 Å². The van der Waals surface area contributed by atoms with Gasteiger partial charge in [-0.2, -0.15) is 5.10 Å². The van der Waals surface area contributed by atoms with E-state index in [4.69, 9.17) is 10.5 Å². The molecular formula is C15H19N5O2. The number of hydrogen-bond donors (Lipinski definition) is 1. The summed E-state index contributed by atoms with van der Waals surface area (Å²) < 4.78 is 7.38. The molecule has 0 saturated heterocycles. The number of rotatable bonds is 4. The Morgan fingerprint density at radius 1 is 1.32 bits per heavy atom. The molecule has 3 rings (SSSR count). The van der Waals surface area contributed by atoms with Gasteiger partial charge in [0, 0.05) is 13.3 Å². The Morgan fingerprint density at radius 3 is 2.77 bits per heavy atom. The van der Waals surface area contributed by atoms with Crippen LogP contribution in [0.5, 0.6) is 0 Å². The van der Waals surface area contributed by atoms with Crippen molar-refractivity contribution >= 4 is 5.91 Å². The van der Waals surface area contributed by atoms with E-state index in [1.54, 1.807) is 19.5 Å². The number of carbonyl (C=O) groups excluding carboxylic acids is 1. The lowest BCUT2D eigenvalue weighted by Gasteiger charge is -2.28. The number of ether oxygens (including phenoxy) is 1. The second-order valence-electron chi connectivity index (χ2n) is 5.48. The molecule has 22 heavy (non-hydrogen) atoms. The fourth-order valence-corrected chi connectivity index (χ4v) is 2.94. The minimum Gasteiger partial charge on any atom is -0.381 e. The fraction of sp³-hybridized carbons (Fsp3) is 0.467. The predicted octanol–water partition coefficient (Wildman–Crippen LogP) is 1.57. The van der Waals surface area contributed by atoms with Crippen molar-refractivity contribution < 1.29 is 9.53 Å². The van der Waals surface area contributed by atoms with Crippen LogP contribution in [-0.4, -0.2) is 38.9 Å². The van der Waals surface area contributed by atoms with Crippen molar-refractivity contribution in [3.63, 3.8) is 0 Å². The highest BCUT2D eigenvalue weighted by Crippen LogP contribution is 2.32. The van der Waals surface area contributed by atoms with E-state index in [0.29, 0.717) is 17.8 Å². The maximum Gasteiger partial charge on any atom is 0.268 e. The first kappa shape index (κ1) is 14.6. The van der Waals surface area contributed by atoms with Gasteiger partial charge >= 0.3 is 0 Å². The van der Waals surface area contributed by atoms with Gasteiger partial charge in [-0.3, -0.25) is 14.5 Å². The molecule has 0 bridgehead atoms. The average molecular weight is 301 g/mol. The quantitative estimate of drug-likeness (QED) is 0.924. The highest BCUT2D eigenvalue weighted by molar-refractivity contribution is 5.90. The standard InChI is InChI=1S/C15H19N5O2/c1-22-11-4-2-10(3-5-11)20-14(6-7-18-20)12-8-17-9-13(19-12)15(16)21/h6-11H,2-5H2,1H3,(H2,16,21). The normalized spacial score (nSPS) is 21.7. The van der Waals surface area contributed by atoms with Gasteiger partial charge < -0.3 is 10.5 Å². The van der Waals surface area contributed by atoms with Crippen molar-refractivity contribution in [3.8, 4) is 11.4 Å². The SMILES string of the molecule is COC1CCC(n2nccc2-c2cncc(C(N)=O)n2)CC1. The third-order valence-electron chi connectivity index (χ3n) is 4.14. The smallest absolute Gasteiger partial charge is 0.268 e. The summed E-state index contributed by atoms with van der Waals surface area (Å²) in [7, 11) is 1.76. The molecule has 0 aromatic carbocycles. The fourth-order valence-electron chi connectivity index (χ4n) is 2.94. The molecule has 0 radical (unpaired) electrons. The molecule has 1 saturated carbocycles. The Morgan fingerprint density at radius 2 is 2.09 bits per heavy atom. The number of nitrogens with two attached hydrogens (primary N) is 1. The number of nitrogens with zero attached hydrogens (tertiary/aromatic N) is 4. The van der Waals surface area contributed by atoms with Gasteiger partial charge in [0.25, 0.3) is 5.91 Å². The van der Waals surface area contributed by atoms with Gasteiger partial charge in [-0.1, -0.05) is 0 Å². The molecule has 2 aromatic rings. The summed E-state index contributed by atoms with van der Waals surface area (Å²) in [5.41, 5.74) is 6.90. The van der Waals surface area contributed by atoms with Crippen LogP contribution in [0.4, 0.5) is 0 Å². The highest BCUT2D eigenvalue weighted by Gasteiger charge is 2.24. The second-order valence-corrected chi connectivity index (χ2v) is 5.48. The monoisotopic (exact) mass is 301 g/mol. The summed E-state index contributed by atoms with van der Waals surface area (Å²) in [5.74, 6) is -0.582. The van der Waals surface area contributed by atoms with E-state index in [1.165, 1.54) is 6.20 Å². The number of primary amides is 1. The van der Waals surface area contributed by atoms with Crippen LogP contribution in [0.25, 0.3) is 11.4 Å². The van der Waals surface area contributed by atoms with Crippen molar-refractivity contribution in [1.82, 2.24) is 19.7 Å². The summed E-state index contributed by atoms with van der Waals surface area (Å²) in [5, 5.41) is 4.43. The van der Waals surface area contributed by atoms with Crippen LogP contribution < -0.4 is 5.73 Å². The van der Waals surface area contributed by atoms with Gasteiger partial charge in [-0.25, -0.2) is 4.98 Å². The van der Waals surface area contributed by atoms with Crippen LogP contribution in [0.1, 0.15) is 42.2 Å². The molecule has 1 fully saturated rings. The Bertz CT molecular complexity index is 661. The summed E-state index contributed by atoms with van der Waals surface area (Å²) in [6.07, 6.45) is 9.15. The van der Waals surface area contributed by atoms with Crippen molar-refractivity contribution in [2.24, 2.45) is 5.73 Å². The molecular weight excluding hydrogens is 282 g/mol. The summed E-state index contributed by atoms with van der Waals surface area (Å²) in [6, 6.07) is 2.20. The first-order valence-electron chi connectivity index (χ1n) is 7.37. The zero-order valence-electron chi connectivity index (χ0n) is 12.5. The molecule has 2 heterocycles. The van der Waals surface area contributed by atoms with Crippen LogP contribution in [0.15, 0.2) is 24.7 Å². The van der Waals surface area contributed by atoms with Gasteiger partial charge in [-0.05, 0) is 31.7 Å². The van der Waals surface area contributed by atoms with E-state index in [0.717, 1.165) is 31.4 Å². The molecule has 0 aliphatic heterocycles. The van der Waals surface area contributed by atoms with Gasteiger partial charge in [-0.15, -0.1) is 0 Å². The summed E-state index contributed by atoms with van der Waals surface area (Å²) in [4.78, 5) is 19.6. The number of aromatic nitrogens is 4. The predicted molar refractivity (Wildman–Crippen MR) is 80.1 cm³/mol. The third-order valence-corrected chi connectivity index (χ3v) is 4.14. The highest BCUT2D eigenvalue weighted by atomic mass is 16.5. The van der Waals surface area contributed by atoms with E-state index in [9.17, 15) is 4.79 Å². The van der Waals surface area contributed by atoms with Gasteiger partial charge in [0.1, 0.15) is 11.4 Å². The molecule has 1 aliphatic rings. The van der Waals surface area contributed by atoms with Crippen molar-refractivity contribution in [1.29, 1.82) is 0 Å². The third kappa shape index (κ3) is 2.85. The molecule has 1 amide bonds. The first-order valence-corrected chi connectivity index (χ1v) is 7.37. The molecule has 0 spiro atoms. The number of methoxy groups -OCH3 is 1. The molecule has 0 unspecified atom stereocenters. The molecule has 2 aromatic heterocycles. The van der Waals surface area contributed by atoms with Crippen LogP contribution >= 0.6 is 0 Å². The lowest BCUT2D eigenvalue weighted by Crippen LogP contribution is -2.24. The molecule has 2 N–H and O–H groups in total. The van der Waals surface area contributed by atoms with Crippen molar-refractivity contribution in [2.45, 2.75) is 37.8 Å². The lowest BCUT2D eigenvalue weighted by molar-refractivity contribution is 0.0570. The van der Waals surface area contributed by atoms with Crippen molar-refractivity contribution in [2.75, 3.05) is 7.11 Å². The van der Waals surface area contributed by atoms with E-state index >= 15 is 0 Å². The maximum absolute atomic E-state index is 11.3. The molecule has 116 valence electrons. The number of hydrogen-bond acceptors (Lipinski definition) is 5. The van der Waals surface area contributed by atoms with Crippen LogP contribution in [-0.2, 0) is 4.74 Å². The first-order chi connectivity index (χ1) is 10.7. The van der Waals surface area contributed by atoms with Crippen LogP contribution in [0.2, 0.25) is 0 Å². The Hall–Kier alpha value is -2.28. The molecule has 7 heteroatoms. The molecule has 0 atom stereocenters. The number of carbonyl (C=O) groups is 1. The van der Waals surface area contributed by atoms with Crippen LogP contribution in [0.3, 0.4) is 0 Å². The average Bonchev–Trinajstić information content (AvgIpc) is 3.04. The topological polar surface area (TPSA) is 95.9 Å². The molecule has 7 nitrogen and oxygen atoms in total. The summed E-state index contributed by atoms with van der Waals surface area (Å²) in [6.45, 7) is 0. The molecule has 1 aliphatic carbocycles. The minimum atomic E-state index is -0.582. The maximum atomic E-state index is 11.3. The van der Waals surface area contributed by atoms with E-state index in [1.807, 2.05) is 10.7 Å². The largest absolute Gasteiger partial charge is 0.381 e. The zero-order chi connectivity index (χ0) is 15.5. The van der Waals surface area contributed by atoms with E-state index in [2.05, 4.69) is 15.1 Å². The van der Waals surface area contributed by atoms with Gasteiger partial charge in [0.05, 0.1) is 30.2 Å². The Labute approximate surface area is 128 Å².